The molecule has 0 bridgehead atoms. The molecule has 1 N–H and O–H groups in total. The summed E-state index contributed by atoms with van der Waals surface area (Å²) in [5, 5.41) is 8.73. The average molecular weight is 209 g/mol. The Labute approximate surface area is 86.7 Å². The molecule has 5 heteroatoms. The summed E-state index contributed by atoms with van der Waals surface area (Å²) >= 11 is 0. The Morgan fingerprint density at radius 1 is 1.53 bits per heavy atom. The van der Waals surface area contributed by atoms with E-state index in [0.717, 1.165) is 12.8 Å². The number of hydrogen-bond donors (Lipinski definition) is 1. The summed E-state index contributed by atoms with van der Waals surface area (Å²) in [4.78, 5) is 14.4. The van der Waals surface area contributed by atoms with Gasteiger partial charge in [0.1, 0.15) is 0 Å². The van der Waals surface area contributed by atoms with Gasteiger partial charge >= 0.3 is 5.97 Å². The third-order valence-corrected chi connectivity index (χ3v) is 2.09. The third-order valence-electron chi connectivity index (χ3n) is 2.09. The van der Waals surface area contributed by atoms with Crippen molar-refractivity contribution in [2.75, 3.05) is 7.11 Å². The van der Waals surface area contributed by atoms with E-state index in [1.54, 1.807) is 0 Å². The molecule has 80 valence electrons. The fraction of sp³-hybridized carbons (Fsp3) is 0.400. The Morgan fingerprint density at radius 3 is 2.80 bits per heavy atom. The maximum absolute atomic E-state index is 10.7. The van der Waals surface area contributed by atoms with Crippen LogP contribution in [0.25, 0.3) is 0 Å². The lowest BCUT2D eigenvalue weighted by molar-refractivity contribution is 0.0690. The monoisotopic (exact) mass is 209 g/mol. The molecule has 1 aliphatic rings. The molecule has 1 aromatic rings. The SMILES string of the molecule is COc1cc(C(=O)O)ncc1OC1CC1. The maximum Gasteiger partial charge on any atom is 0.354 e. The molecular weight excluding hydrogens is 198 g/mol. The van der Waals surface area contributed by atoms with Crippen LogP contribution in [0.2, 0.25) is 0 Å². The minimum Gasteiger partial charge on any atom is -0.493 e. The molecule has 0 aromatic carbocycles. The van der Waals surface area contributed by atoms with Crippen molar-refractivity contribution in [2.24, 2.45) is 0 Å². The van der Waals surface area contributed by atoms with Crippen molar-refractivity contribution in [3.63, 3.8) is 0 Å². The highest BCUT2D eigenvalue weighted by atomic mass is 16.5. The van der Waals surface area contributed by atoms with Crippen LogP contribution in [0.1, 0.15) is 23.3 Å². The summed E-state index contributed by atoms with van der Waals surface area (Å²) < 4.78 is 10.5. The molecule has 0 unspecified atom stereocenters. The molecule has 0 saturated heterocycles. The number of pyridine rings is 1. The number of ether oxygens (including phenoxy) is 2. The van der Waals surface area contributed by atoms with Gasteiger partial charge in [-0.1, -0.05) is 0 Å². The van der Waals surface area contributed by atoms with Gasteiger partial charge in [0, 0.05) is 6.07 Å². The molecule has 1 saturated carbocycles. The van der Waals surface area contributed by atoms with E-state index in [2.05, 4.69) is 4.98 Å². The highest BCUT2D eigenvalue weighted by molar-refractivity contribution is 5.86. The van der Waals surface area contributed by atoms with Gasteiger partial charge in [0.05, 0.1) is 19.4 Å². The zero-order valence-electron chi connectivity index (χ0n) is 8.27. The summed E-state index contributed by atoms with van der Waals surface area (Å²) in [5.74, 6) is -0.162. The molecule has 0 atom stereocenters. The largest absolute Gasteiger partial charge is 0.493 e. The Bertz CT molecular complexity index is 387. The first-order valence-electron chi connectivity index (χ1n) is 4.64. The van der Waals surface area contributed by atoms with Crippen LogP contribution >= 0.6 is 0 Å². The van der Waals surface area contributed by atoms with Crippen LogP contribution in [0.4, 0.5) is 0 Å². The van der Waals surface area contributed by atoms with Crippen molar-refractivity contribution < 1.29 is 19.4 Å². The Balaban J connectivity index is 2.25. The van der Waals surface area contributed by atoms with Crippen LogP contribution < -0.4 is 9.47 Å². The predicted octanol–water partition coefficient (Wildman–Crippen LogP) is 1.33. The standard InChI is InChI=1S/C10H11NO4/c1-14-8-4-7(10(12)13)11-5-9(8)15-6-2-3-6/h4-6H,2-3H2,1H3,(H,12,13). The number of aromatic nitrogens is 1. The minimum atomic E-state index is -1.08. The zero-order valence-corrected chi connectivity index (χ0v) is 8.27. The van der Waals surface area contributed by atoms with E-state index in [-0.39, 0.29) is 11.8 Å². The van der Waals surface area contributed by atoms with Crippen molar-refractivity contribution in [1.82, 2.24) is 4.98 Å². The van der Waals surface area contributed by atoms with Gasteiger partial charge in [-0.2, -0.15) is 0 Å². The molecule has 0 amide bonds. The van der Waals surface area contributed by atoms with Crippen molar-refractivity contribution in [2.45, 2.75) is 18.9 Å². The molecule has 0 spiro atoms. The summed E-state index contributed by atoms with van der Waals surface area (Å²) in [5.41, 5.74) is -0.0463. The van der Waals surface area contributed by atoms with Crippen molar-refractivity contribution in [3.8, 4) is 11.5 Å². The first-order chi connectivity index (χ1) is 7.20. The van der Waals surface area contributed by atoms with Crippen LogP contribution in [-0.4, -0.2) is 29.3 Å². The van der Waals surface area contributed by atoms with Gasteiger partial charge in [-0.25, -0.2) is 9.78 Å². The lowest BCUT2D eigenvalue weighted by Crippen LogP contribution is -2.04. The average Bonchev–Trinajstić information content (AvgIpc) is 3.02. The third kappa shape index (κ3) is 2.18. The molecule has 5 nitrogen and oxygen atoms in total. The molecule has 1 heterocycles. The number of rotatable bonds is 4. The van der Waals surface area contributed by atoms with Crippen molar-refractivity contribution in [1.29, 1.82) is 0 Å². The Morgan fingerprint density at radius 2 is 2.27 bits per heavy atom. The summed E-state index contributed by atoms with van der Waals surface area (Å²) in [6.45, 7) is 0. The van der Waals surface area contributed by atoms with Crippen molar-refractivity contribution >= 4 is 5.97 Å². The molecular formula is C10H11NO4. The molecule has 0 radical (unpaired) electrons. The first kappa shape index (κ1) is 9.76. The van der Waals surface area contributed by atoms with Crippen LogP contribution in [-0.2, 0) is 0 Å². The van der Waals surface area contributed by atoms with E-state index in [0.29, 0.717) is 11.5 Å². The van der Waals surface area contributed by atoms with Gasteiger partial charge in [-0.05, 0) is 12.8 Å². The number of carboxylic acid groups (broad SMARTS) is 1. The molecule has 1 aromatic heterocycles. The fourth-order valence-corrected chi connectivity index (χ4v) is 1.15. The minimum absolute atomic E-state index is 0.0463. The van der Waals surface area contributed by atoms with Crippen LogP contribution in [0, 0.1) is 0 Å². The molecule has 15 heavy (non-hydrogen) atoms. The summed E-state index contributed by atoms with van der Waals surface area (Å²) in [7, 11) is 1.47. The zero-order chi connectivity index (χ0) is 10.8. The first-order valence-corrected chi connectivity index (χ1v) is 4.64. The number of carbonyl (C=O) groups is 1. The van der Waals surface area contributed by atoms with Crippen molar-refractivity contribution in [3.05, 3.63) is 18.0 Å². The van der Waals surface area contributed by atoms with E-state index in [4.69, 9.17) is 14.6 Å². The van der Waals surface area contributed by atoms with E-state index < -0.39 is 5.97 Å². The number of methoxy groups -OCH3 is 1. The van der Waals surface area contributed by atoms with Gasteiger partial charge < -0.3 is 14.6 Å². The van der Waals surface area contributed by atoms with E-state index in [9.17, 15) is 4.79 Å². The van der Waals surface area contributed by atoms with Crippen LogP contribution in [0.3, 0.4) is 0 Å². The number of nitrogens with zero attached hydrogens (tertiary/aromatic N) is 1. The topological polar surface area (TPSA) is 68.7 Å². The summed E-state index contributed by atoms with van der Waals surface area (Å²) in [6.07, 6.45) is 3.69. The van der Waals surface area contributed by atoms with Gasteiger partial charge in [0.25, 0.3) is 0 Å². The summed E-state index contributed by atoms with van der Waals surface area (Å²) in [6, 6.07) is 1.36. The second kappa shape index (κ2) is 3.76. The molecule has 2 rings (SSSR count). The van der Waals surface area contributed by atoms with E-state index in [1.807, 2.05) is 0 Å². The van der Waals surface area contributed by atoms with E-state index >= 15 is 0 Å². The quantitative estimate of drug-likeness (QED) is 0.810. The highest BCUT2D eigenvalue weighted by Gasteiger charge is 2.25. The second-order valence-corrected chi connectivity index (χ2v) is 3.34. The maximum atomic E-state index is 10.7. The lowest BCUT2D eigenvalue weighted by atomic mass is 10.3. The van der Waals surface area contributed by atoms with Crippen LogP contribution in [0.15, 0.2) is 12.3 Å². The molecule has 1 aliphatic carbocycles. The fourth-order valence-electron chi connectivity index (χ4n) is 1.15. The lowest BCUT2D eigenvalue weighted by Gasteiger charge is -2.09. The van der Waals surface area contributed by atoms with E-state index in [1.165, 1.54) is 19.4 Å². The number of hydrogen-bond acceptors (Lipinski definition) is 4. The molecule has 1 fully saturated rings. The van der Waals surface area contributed by atoms with Crippen LogP contribution in [0.5, 0.6) is 11.5 Å². The van der Waals surface area contributed by atoms with Gasteiger partial charge in [0.2, 0.25) is 0 Å². The predicted molar refractivity (Wildman–Crippen MR) is 51.4 cm³/mol. The Kier molecular flexibility index (Phi) is 2.45. The van der Waals surface area contributed by atoms with Gasteiger partial charge in [0.15, 0.2) is 17.2 Å². The number of carboxylic acids is 1. The number of aromatic carboxylic acids is 1. The Hall–Kier alpha value is -1.78. The smallest absolute Gasteiger partial charge is 0.354 e. The second-order valence-electron chi connectivity index (χ2n) is 3.34. The van der Waals surface area contributed by atoms with Gasteiger partial charge in [-0.15, -0.1) is 0 Å². The van der Waals surface area contributed by atoms with Gasteiger partial charge in [-0.3, -0.25) is 0 Å². The highest BCUT2D eigenvalue weighted by Crippen LogP contribution is 2.33. The normalized spacial score (nSPS) is 14.7. The molecule has 0 aliphatic heterocycles.